The minimum absolute atomic E-state index is 0.0983. The Morgan fingerprint density at radius 2 is 2.09 bits per heavy atom. The summed E-state index contributed by atoms with van der Waals surface area (Å²) >= 11 is 0. The number of hydrogen-bond donors (Lipinski definition) is 2. The molecule has 0 aliphatic heterocycles. The second kappa shape index (κ2) is 6.67. The highest BCUT2D eigenvalue weighted by Crippen LogP contribution is 1.81. The molecule has 0 bridgehead atoms. The van der Waals surface area contributed by atoms with E-state index in [9.17, 15) is 4.79 Å². The molecule has 0 aliphatic rings. The van der Waals surface area contributed by atoms with E-state index >= 15 is 0 Å². The lowest BCUT2D eigenvalue weighted by atomic mass is 10.3. The Kier molecular flexibility index (Phi) is 5.79. The highest BCUT2D eigenvalue weighted by atomic mass is 16.4. The van der Waals surface area contributed by atoms with Gasteiger partial charge in [-0.2, -0.15) is 0 Å². The van der Waals surface area contributed by atoms with Crippen molar-refractivity contribution in [2.45, 2.75) is 12.8 Å². The van der Waals surface area contributed by atoms with Crippen molar-refractivity contribution in [3.05, 3.63) is 0 Å². The van der Waals surface area contributed by atoms with Gasteiger partial charge in [0, 0.05) is 18.9 Å². The molecular formula is C8H8O3. The van der Waals surface area contributed by atoms with Crippen molar-refractivity contribution < 1.29 is 15.0 Å². The van der Waals surface area contributed by atoms with E-state index in [0.29, 0.717) is 12.8 Å². The molecular weight excluding hydrogens is 144 g/mol. The van der Waals surface area contributed by atoms with Crippen LogP contribution in [0.1, 0.15) is 12.8 Å². The number of aliphatic carboxylic acids is 1. The summed E-state index contributed by atoms with van der Waals surface area (Å²) in [6, 6.07) is 0. The summed E-state index contributed by atoms with van der Waals surface area (Å²) in [4.78, 5) is 9.81. The van der Waals surface area contributed by atoms with Crippen LogP contribution in [-0.4, -0.2) is 22.8 Å². The first-order valence-corrected chi connectivity index (χ1v) is 3.10. The van der Waals surface area contributed by atoms with Crippen molar-refractivity contribution in [1.82, 2.24) is 0 Å². The van der Waals surface area contributed by atoms with E-state index in [-0.39, 0.29) is 6.61 Å². The fraction of sp³-hybridized carbons (Fsp3) is 0.375. The molecule has 0 saturated heterocycles. The van der Waals surface area contributed by atoms with Crippen molar-refractivity contribution in [3.63, 3.8) is 0 Å². The molecule has 58 valence electrons. The average Bonchev–Trinajstić information content (AvgIpc) is 1.96. The van der Waals surface area contributed by atoms with E-state index in [1.54, 1.807) is 0 Å². The number of aliphatic hydroxyl groups excluding tert-OH is 1. The minimum atomic E-state index is -1.18. The molecule has 3 nitrogen and oxygen atoms in total. The Balaban J connectivity index is 3.57. The molecule has 11 heavy (non-hydrogen) atoms. The Morgan fingerprint density at radius 1 is 1.36 bits per heavy atom. The standard InChI is InChI=1S/C8H8O3/c9-7-5-3-1-2-4-6-8(10)11/h9H,3,5,7H2,(H,10,11). The molecule has 0 spiro atoms. The maximum atomic E-state index is 9.81. The molecule has 2 N–H and O–H groups in total. The molecule has 0 aromatic rings. The van der Waals surface area contributed by atoms with Gasteiger partial charge in [-0.1, -0.05) is 5.92 Å². The van der Waals surface area contributed by atoms with Crippen LogP contribution in [0, 0.1) is 23.7 Å². The number of rotatable bonds is 2. The Bertz CT molecular complexity index is 234. The highest BCUT2D eigenvalue weighted by Gasteiger charge is 1.79. The molecule has 0 fully saturated rings. The first kappa shape index (κ1) is 9.55. The Morgan fingerprint density at radius 3 is 2.64 bits per heavy atom. The van der Waals surface area contributed by atoms with Crippen LogP contribution in [0.2, 0.25) is 0 Å². The fourth-order valence-electron chi connectivity index (χ4n) is 0.359. The summed E-state index contributed by atoms with van der Waals surface area (Å²) in [5.41, 5.74) is 0. The lowest BCUT2D eigenvalue weighted by Gasteiger charge is -1.80. The summed E-state index contributed by atoms with van der Waals surface area (Å²) < 4.78 is 0. The molecule has 0 heterocycles. The molecule has 0 amide bonds. The van der Waals surface area contributed by atoms with Gasteiger partial charge in [-0.25, -0.2) is 4.79 Å². The monoisotopic (exact) mass is 152 g/mol. The molecule has 0 aromatic heterocycles. The summed E-state index contributed by atoms with van der Waals surface area (Å²) in [6.45, 7) is 0.0983. The van der Waals surface area contributed by atoms with E-state index in [0.717, 1.165) is 0 Å². The summed E-state index contributed by atoms with van der Waals surface area (Å²) in [5, 5.41) is 16.3. The molecule has 0 rings (SSSR count). The van der Waals surface area contributed by atoms with E-state index in [1.807, 2.05) is 5.92 Å². The van der Waals surface area contributed by atoms with Crippen LogP contribution in [0.4, 0.5) is 0 Å². The van der Waals surface area contributed by atoms with Gasteiger partial charge >= 0.3 is 5.97 Å². The predicted octanol–water partition coefficient (Wildman–Crippen LogP) is -0.150. The van der Waals surface area contributed by atoms with Crippen molar-refractivity contribution in [1.29, 1.82) is 0 Å². The quantitative estimate of drug-likeness (QED) is 0.427. The third kappa shape index (κ3) is 8.55. The van der Waals surface area contributed by atoms with Crippen LogP contribution < -0.4 is 0 Å². The van der Waals surface area contributed by atoms with Gasteiger partial charge in [0.05, 0.1) is 0 Å². The average molecular weight is 152 g/mol. The van der Waals surface area contributed by atoms with Gasteiger partial charge in [-0.15, -0.1) is 0 Å². The van der Waals surface area contributed by atoms with Crippen LogP contribution in [0.3, 0.4) is 0 Å². The van der Waals surface area contributed by atoms with Crippen molar-refractivity contribution in [2.75, 3.05) is 6.61 Å². The van der Waals surface area contributed by atoms with Gasteiger partial charge in [0.1, 0.15) is 0 Å². The van der Waals surface area contributed by atoms with Crippen molar-refractivity contribution in [2.24, 2.45) is 0 Å². The molecule has 0 unspecified atom stereocenters. The Hall–Kier alpha value is -1.45. The van der Waals surface area contributed by atoms with Crippen LogP contribution in [0.5, 0.6) is 0 Å². The zero-order chi connectivity index (χ0) is 8.53. The second-order valence-electron chi connectivity index (χ2n) is 1.68. The number of carboxylic acid groups (broad SMARTS) is 1. The van der Waals surface area contributed by atoms with Crippen LogP contribution in [-0.2, 0) is 4.79 Å². The van der Waals surface area contributed by atoms with E-state index < -0.39 is 5.97 Å². The van der Waals surface area contributed by atoms with Crippen LogP contribution in [0.25, 0.3) is 0 Å². The number of aliphatic hydroxyl groups is 1. The number of carboxylic acids is 1. The van der Waals surface area contributed by atoms with Gasteiger partial charge < -0.3 is 10.2 Å². The maximum Gasteiger partial charge on any atom is 0.382 e. The lowest BCUT2D eigenvalue weighted by Crippen LogP contribution is -1.85. The van der Waals surface area contributed by atoms with Gasteiger partial charge in [-0.3, -0.25) is 0 Å². The van der Waals surface area contributed by atoms with Gasteiger partial charge in [0.25, 0.3) is 0 Å². The maximum absolute atomic E-state index is 9.81. The molecule has 0 saturated carbocycles. The number of unbranched alkanes of at least 4 members (excludes halogenated alkanes) is 1. The van der Waals surface area contributed by atoms with Crippen molar-refractivity contribution in [3.8, 4) is 23.7 Å². The smallest absolute Gasteiger partial charge is 0.382 e. The number of hydrogen-bond acceptors (Lipinski definition) is 2. The topological polar surface area (TPSA) is 57.5 Å². The third-order valence-electron chi connectivity index (χ3n) is 0.780. The minimum Gasteiger partial charge on any atom is -0.472 e. The lowest BCUT2D eigenvalue weighted by molar-refractivity contribution is -0.130. The SMILES string of the molecule is O=C(O)C#CC#CCCCO. The van der Waals surface area contributed by atoms with Crippen LogP contribution in [0.15, 0.2) is 0 Å². The van der Waals surface area contributed by atoms with E-state index in [1.165, 1.54) is 0 Å². The molecule has 0 aromatic carbocycles. The highest BCUT2D eigenvalue weighted by molar-refractivity contribution is 5.87. The van der Waals surface area contributed by atoms with Crippen molar-refractivity contribution >= 4 is 5.97 Å². The first-order chi connectivity index (χ1) is 5.27. The van der Waals surface area contributed by atoms with Gasteiger partial charge in [0.2, 0.25) is 0 Å². The molecule has 0 aliphatic carbocycles. The zero-order valence-corrected chi connectivity index (χ0v) is 5.92. The normalized spacial score (nSPS) is 7.00. The third-order valence-corrected chi connectivity index (χ3v) is 0.780. The fourth-order valence-corrected chi connectivity index (χ4v) is 0.359. The molecule has 0 atom stereocenters. The zero-order valence-electron chi connectivity index (χ0n) is 5.92. The van der Waals surface area contributed by atoms with Crippen LogP contribution >= 0.6 is 0 Å². The van der Waals surface area contributed by atoms with Gasteiger partial charge in [-0.05, 0) is 18.3 Å². The Labute approximate surface area is 65.0 Å². The molecule has 0 radical (unpaired) electrons. The first-order valence-electron chi connectivity index (χ1n) is 3.10. The van der Waals surface area contributed by atoms with Gasteiger partial charge in [0.15, 0.2) is 0 Å². The summed E-state index contributed by atoms with van der Waals surface area (Å²) in [5.74, 6) is 7.77. The largest absolute Gasteiger partial charge is 0.472 e. The second-order valence-corrected chi connectivity index (χ2v) is 1.68. The summed E-state index contributed by atoms with van der Waals surface area (Å²) in [6.07, 6.45) is 1.15. The number of carbonyl (C=O) groups is 1. The molecule has 3 heteroatoms. The van der Waals surface area contributed by atoms with E-state index in [2.05, 4.69) is 17.8 Å². The predicted molar refractivity (Wildman–Crippen MR) is 39.5 cm³/mol. The summed E-state index contributed by atoms with van der Waals surface area (Å²) in [7, 11) is 0. The van der Waals surface area contributed by atoms with E-state index in [4.69, 9.17) is 10.2 Å².